The molecular formula is C11H16O2. The molecule has 0 aromatic carbocycles. The highest BCUT2D eigenvalue weighted by atomic mass is 16.1. The summed E-state index contributed by atoms with van der Waals surface area (Å²) in [5, 5.41) is 0. The van der Waals surface area contributed by atoms with Crippen molar-refractivity contribution in [1.29, 1.82) is 0 Å². The molecule has 2 fully saturated rings. The Morgan fingerprint density at radius 1 is 1.08 bits per heavy atom. The Labute approximate surface area is 78.7 Å². The number of hydrogen-bond acceptors (Lipinski definition) is 2. The van der Waals surface area contributed by atoms with E-state index in [-0.39, 0.29) is 11.3 Å². The monoisotopic (exact) mass is 180 g/mol. The van der Waals surface area contributed by atoms with Gasteiger partial charge in [-0.25, -0.2) is 0 Å². The van der Waals surface area contributed by atoms with Gasteiger partial charge in [-0.3, -0.25) is 0 Å². The molecule has 0 aromatic rings. The summed E-state index contributed by atoms with van der Waals surface area (Å²) in [6.45, 7) is 0. The van der Waals surface area contributed by atoms with E-state index in [0.717, 1.165) is 51.1 Å². The van der Waals surface area contributed by atoms with Crippen molar-refractivity contribution >= 4 is 12.6 Å². The van der Waals surface area contributed by atoms with E-state index in [0.29, 0.717) is 5.92 Å². The van der Waals surface area contributed by atoms with Gasteiger partial charge in [-0.2, -0.15) is 0 Å². The minimum absolute atomic E-state index is 0.0197. The lowest BCUT2D eigenvalue weighted by Gasteiger charge is -2.39. The van der Waals surface area contributed by atoms with E-state index in [1.54, 1.807) is 0 Å². The van der Waals surface area contributed by atoms with Crippen LogP contribution in [0, 0.1) is 17.3 Å². The SMILES string of the molecule is O=CC1CCCC2CCCC12C=O. The maximum atomic E-state index is 11.2. The summed E-state index contributed by atoms with van der Waals surface area (Å²) in [5.74, 6) is 0.528. The number of carbonyl (C=O) groups is 2. The second kappa shape index (κ2) is 3.24. The minimum Gasteiger partial charge on any atom is -0.303 e. The molecule has 0 bridgehead atoms. The Hall–Kier alpha value is -0.660. The first-order valence-corrected chi connectivity index (χ1v) is 5.25. The van der Waals surface area contributed by atoms with Crippen LogP contribution in [0.5, 0.6) is 0 Å². The summed E-state index contributed by atoms with van der Waals surface area (Å²) in [6.07, 6.45) is 8.56. The number of rotatable bonds is 2. The van der Waals surface area contributed by atoms with Crippen LogP contribution < -0.4 is 0 Å². The molecule has 13 heavy (non-hydrogen) atoms. The third-order valence-electron chi connectivity index (χ3n) is 4.06. The van der Waals surface area contributed by atoms with E-state index in [1.807, 2.05) is 0 Å². The van der Waals surface area contributed by atoms with Gasteiger partial charge >= 0.3 is 0 Å². The largest absolute Gasteiger partial charge is 0.303 e. The van der Waals surface area contributed by atoms with Crippen LogP contribution in [0.1, 0.15) is 38.5 Å². The number of aldehydes is 2. The van der Waals surface area contributed by atoms with Crippen LogP contribution in [-0.4, -0.2) is 12.6 Å². The number of hydrogen-bond donors (Lipinski definition) is 0. The quantitative estimate of drug-likeness (QED) is 0.609. The van der Waals surface area contributed by atoms with Gasteiger partial charge in [0.25, 0.3) is 0 Å². The molecule has 2 aliphatic carbocycles. The molecule has 2 heteroatoms. The van der Waals surface area contributed by atoms with Crippen LogP contribution in [0.4, 0.5) is 0 Å². The molecule has 0 N–H and O–H groups in total. The van der Waals surface area contributed by atoms with Crippen LogP contribution in [-0.2, 0) is 9.59 Å². The Bertz CT molecular complexity index is 224. The predicted molar refractivity (Wildman–Crippen MR) is 49.2 cm³/mol. The van der Waals surface area contributed by atoms with Crippen LogP contribution >= 0.6 is 0 Å². The summed E-state index contributed by atoms with van der Waals surface area (Å²) in [4.78, 5) is 22.1. The molecule has 0 saturated heterocycles. The Kier molecular flexibility index (Phi) is 2.22. The fraction of sp³-hybridized carbons (Fsp3) is 0.818. The molecule has 3 unspecified atom stereocenters. The van der Waals surface area contributed by atoms with E-state index in [4.69, 9.17) is 0 Å². The molecule has 0 aliphatic heterocycles. The standard InChI is InChI=1S/C11H16O2/c12-7-10-4-1-3-9-5-2-6-11(9,10)8-13/h7-10H,1-6H2. The fourth-order valence-corrected chi connectivity index (χ4v) is 3.32. The molecule has 0 amide bonds. The predicted octanol–water partition coefficient (Wildman–Crippen LogP) is 1.97. The molecule has 72 valence electrons. The Balaban J connectivity index is 2.29. The zero-order valence-corrected chi connectivity index (χ0v) is 7.87. The lowest BCUT2D eigenvalue weighted by Crippen LogP contribution is -2.40. The van der Waals surface area contributed by atoms with Gasteiger partial charge in [0.15, 0.2) is 0 Å². The van der Waals surface area contributed by atoms with Crippen LogP contribution in [0.25, 0.3) is 0 Å². The molecule has 2 nitrogen and oxygen atoms in total. The molecular weight excluding hydrogens is 164 g/mol. The molecule has 2 aliphatic rings. The molecule has 3 atom stereocenters. The zero-order valence-electron chi connectivity index (χ0n) is 7.87. The maximum Gasteiger partial charge on any atom is 0.127 e. The molecule has 0 aromatic heterocycles. The van der Waals surface area contributed by atoms with E-state index >= 15 is 0 Å². The van der Waals surface area contributed by atoms with Crippen molar-refractivity contribution in [2.45, 2.75) is 38.5 Å². The topological polar surface area (TPSA) is 34.1 Å². The van der Waals surface area contributed by atoms with Crippen LogP contribution in [0.15, 0.2) is 0 Å². The van der Waals surface area contributed by atoms with Gasteiger partial charge < -0.3 is 9.59 Å². The maximum absolute atomic E-state index is 11.2. The second-order valence-corrected chi connectivity index (χ2v) is 4.49. The van der Waals surface area contributed by atoms with Crippen molar-refractivity contribution in [3.63, 3.8) is 0 Å². The van der Waals surface area contributed by atoms with Gasteiger partial charge in [-0.05, 0) is 31.6 Å². The van der Waals surface area contributed by atoms with Crippen molar-refractivity contribution in [2.75, 3.05) is 0 Å². The zero-order chi connectivity index (χ0) is 9.31. The second-order valence-electron chi connectivity index (χ2n) is 4.49. The van der Waals surface area contributed by atoms with Gasteiger partial charge in [-0.15, -0.1) is 0 Å². The first kappa shape index (κ1) is 8.92. The third-order valence-corrected chi connectivity index (χ3v) is 4.06. The van der Waals surface area contributed by atoms with Crippen molar-refractivity contribution < 1.29 is 9.59 Å². The van der Waals surface area contributed by atoms with Crippen molar-refractivity contribution in [1.82, 2.24) is 0 Å². The van der Waals surface area contributed by atoms with E-state index in [9.17, 15) is 9.59 Å². The summed E-state index contributed by atoms with van der Waals surface area (Å²) in [6, 6.07) is 0. The van der Waals surface area contributed by atoms with E-state index < -0.39 is 0 Å². The van der Waals surface area contributed by atoms with Crippen molar-refractivity contribution in [2.24, 2.45) is 17.3 Å². The molecule has 0 spiro atoms. The van der Waals surface area contributed by atoms with Crippen LogP contribution in [0.2, 0.25) is 0 Å². The first-order chi connectivity index (χ1) is 6.33. The molecule has 0 heterocycles. The van der Waals surface area contributed by atoms with Gasteiger partial charge in [-0.1, -0.05) is 12.8 Å². The lowest BCUT2D eigenvalue weighted by molar-refractivity contribution is -0.131. The van der Waals surface area contributed by atoms with Gasteiger partial charge in [0, 0.05) is 11.3 Å². The Morgan fingerprint density at radius 2 is 1.85 bits per heavy atom. The average molecular weight is 180 g/mol. The molecule has 0 radical (unpaired) electrons. The third kappa shape index (κ3) is 1.15. The van der Waals surface area contributed by atoms with Crippen molar-refractivity contribution in [3.8, 4) is 0 Å². The summed E-state index contributed by atoms with van der Waals surface area (Å²) >= 11 is 0. The highest BCUT2D eigenvalue weighted by Crippen LogP contribution is 2.53. The first-order valence-electron chi connectivity index (χ1n) is 5.25. The Morgan fingerprint density at radius 3 is 2.54 bits per heavy atom. The molecule has 2 saturated carbocycles. The number of fused-ring (bicyclic) bond motifs is 1. The number of carbonyl (C=O) groups excluding carboxylic acids is 2. The smallest absolute Gasteiger partial charge is 0.127 e. The van der Waals surface area contributed by atoms with Gasteiger partial charge in [0.1, 0.15) is 12.6 Å². The van der Waals surface area contributed by atoms with E-state index in [2.05, 4.69) is 0 Å². The van der Waals surface area contributed by atoms with Gasteiger partial charge in [0.2, 0.25) is 0 Å². The summed E-state index contributed by atoms with van der Waals surface area (Å²) in [7, 11) is 0. The van der Waals surface area contributed by atoms with Gasteiger partial charge in [0.05, 0.1) is 0 Å². The van der Waals surface area contributed by atoms with Crippen LogP contribution in [0.3, 0.4) is 0 Å². The molecule has 2 rings (SSSR count). The summed E-state index contributed by atoms with van der Waals surface area (Å²) < 4.78 is 0. The highest BCUT2D eigenvalue weighted by molar-refractivity contribution is 5.70. The highest BCUT2D eigenvalue weighted by Gasteiger charge is 2.50. The lowest BCUT2D eigenvalue weighted by atomic mass is 9.63. The summed E-state index contributed by atoms with van der Waals surface area (Å²) in [5.41, 5.74) is -0.250. The average Bonchev–Trinajstić information content (AvgIpc) is 2.60. The fourth-order valence-electron chi connectivity index (χ4n) is 3.32. The van der Waals surface area contributed by atoms with E-state index in [1.165, 1.54) is 0 Å². The van der Waals surface area contributed by atoms with Crippen molar-refractivity contribution in [3.05, 3.63) is 0 Å². The minimum atomic E-state index is -0.250. The normalized spacial score (nSPS) is 44.0.